The van der Waals surface area contributed by atoms with Crippen LogP contribution >= 0.6 is 0 Å². The van der Waals surface area contributed by atoms with Crippen LogP contribution in [0.5, 0.6) is 0 Å². The first kappa shape index (κ1) is 28.3. The predicted molar refractivity (Wildman–Crippen MR) is 148 cm³/mol. The predicted octanol–water partition coefficient (Wildman–Crippen LogP) is 5.68. The van der Waals surface area contributed by atoms with Gasteiger partial charge in [-0.2, -0.15) is 0 Å². The van der Waals surface area contributed by atoms with Gasteiger partial charge in [-0.1, -0.05) is 36.7 Å². The summed E-state index contributed by atoms with van der Waals surface area (Å²) in [7, 11) is -3.65. The van der Waals surface area contributed by atoms with Gasteiger partial charge in [0.25, 0.3) is 0 Å². The van der Waals surface area contributed by atoms with E-state index in [4.69, 9.17) is 4.52 Å². The second kappa shape index (κ2) is 11.6. The van der Waals surface area contributed by atoms with E-state index in [0.717, 1.165) is 65.8 Å². The van der Waals surface area contributed by atoms with Gasteiger partial charge in [0.1, 0.15) is 5.76 Å². The van der Waals surface area contributed by atoms with Gasteiger partial charge in [0.2, 0.25) is 21.8 Å². The van der Waals surface area contributed by atoms with Crippen LogP contribution in [0.1, 0.15) is 111 Å². The largest absolute Gasteiger partial charge is 0.361 e. The number of anilines is 1. The number of hydrogen-bond donors (Lipinski definition) is 2. The molecule has 0 radical (unpaired) electrons. The maximum atomic E-state index is 13.2. The van der Waals surface area contributed by atoms with Crippen molar-refractivity contribution in [2.24, 2.45) is 11.8 Å². The summed E-state index contributed by atoms with van der Waals surface area (Å²) in [4.78, 5) is 25.5. The minimum atomic E-state index is -3.65. The summed E-state index contributed by atoms with van der Waals surface area (Å²) in [6.07, 6.45) is 6.91. The summed E-state index contributed by atoms with van der Waals surface area (Å²) in [5.74, 6) is 1.97. The van der Waals surface area contributed by atoms with E-state index in [-0.39, 0.29) is 24.7 Å². The molecule has 1 aromatic carbocycles. The second-order valence-corrected chi connectivity index (χ2v) is 13.6. The average Bonchev–Trinajstić information content (AvgIpc) is 3.52. The van der Waals surface area contributed by atoms with E-state index in [9.17, 15) is 18.0 Å². The maximum absolute atomic E-state index is 13.2. The van der Waals surface area contributed by atoms with Crippen molar-refractivity contribution >= 4 is 27.5 Å². The lowest BCUT2D eigenvalue weighted by molar-refractivity contribution is -0.120. The fourth-order valence-corrected chi connectivity index (χ4v) is 6.30. The molecule has 0 spiro atoms. The number of carbonyl (C=O) groups excluding carboxylic acids is 2. The summed E-state index contributed by atoms with van der Waals surface area (Å²) in [6.45, 7) is 8.47. The number of amides is 2. The van der Waals surface area contributed by atoms with Crippen LogP contribution in [0.15, 0.2) is 22.7 Å². The van der Waals surface area contributed by atoms with E-state index >= 15 is 0 Å². The van der Waals surface area contributed by atoms with Gasteiger partial charge in [0.05, 0.1) is 11.9 Å². The average molecular weight is 544 g/mol. The molecule has 0 saturated heterocycles. The second-order valence-electron chi connectivity index (χ2n) is 11.9. The third-order valence-corrected chi connectivity index (χ3v) is 8.27. The van der Waals surface area contributed by atoms with Crippen molar-refractivity contribution in [2.75, 3.05) is 11.6 Å². The minimum absolute atomic E-state index is 0.0270. The molecule has 1 heterocycles. The molecular weight excluding hydrogens is 502 g/mol. The summed E-state index contributed by atoms with van der Waals surface area (Å²) in [5.41, 5.74) is 4.74. The number of carbonyl (C=O) groups is 2. The Hall–Kier alpha value is -2.68. The van der Waals surface area contributed by atoms with Crippen LogP contribution in [0.25, 0.3) is 0 Å². The Morgan fingerprint density at radius 1 is 1.11 bits per heavy atom. The number of nitrogens with one attached hydrogen (secondary N) is 2. The molecule has 2 amide bonds. The number of aromatic nitrogens is 1. The smallest absolute Gasteiger partial charge is 0.233 e. The Bertz CT molecular complexity index is 1270. The normalized spacial score (nSPS) is 20.2. The molecule has 0 aliphatic heterocycles. The zero-order valence-corrected chi connectivity index (χ0v) is 24.0. The topological polar surface area (TPSA) is 118 Å². The van der Waals surface area contributed by atoms with Crippen molar-refractivity contribution < 1.29 is 22.5 Å². The molecule has 9 heteroatoms. The number of benzene rings is 1. The van der Waals surface area contributed by atoms with Gasteiger partial charge in [-0.3, -0.25) is 14.3 Å². The van der Waals surface area contributed by atoms with Gasteiger partial charge < -0.3 is 9.84 Å². The quantitative estimate of drug-likeness (QED) is 0.356. The highest BCUT2D eigenvalue weighted by Gasteiger charge is 2.41. The zero-order valence-electron chi connectivity index (χ0n) is 23.2. The van der Waals surface area contributed by atoms with E-state index in [1.165, 1.54) is 6.42 Å². The van der Waals surface area contributed by atoms with Crippen molar-refractivity contribution in [2.45, 2.75) is 96.8 Å². The molecule has 2 aromatic rings. The van der Waals surface area contributed by atoms with Gasteiger partial charge in [-0.25, -0.2) is 8.42 Å². The molecule has 0 unspecified atom stereocenters. The molecule has 2 fully saturated rings. The molecule has 8 nitrogen and oxygen atoms in total. The highest BCUT2D eigenvalue weighted by atomic mass is 32.2. The van der Waals surface area contributed by atoms with Crippen molar-refractivity contribution in [3.05, 3.63) is 46.3 Å². The standard InChI is InChI=1S/C29H41N3O5S/c1-17(2)12-20-14-23(15-20)29-27(21-7-8-21)28(31-37-29)22(9-11-25(33)32-38(5,35)36)16-26(34)30-24-10-6-18(3)13-19(24)4/h6,10,13,17,20-23H,7-9,11-12,14-16H2,1-5H3,(H,30,34)(H,32,33)/t20?,22-,23?/m0/s1. The van der Waals surface area contributed by atoms with Crippen LogP contribution in [0.2, 0.25) is 0 Å². The van der Waals surface area contributed by atoms with Crippen molar-refractivity contribution in [3.63, 3.8) is 0 Å². The van der Waals surface area contributed by atoms with Crippen molar-refractivity contribution in [3.8, 4) is 0 Å². The molecule has 2 aliphatic carbocycles. The molecule has 1 atom stereocenters. The van der Waals surface area contributed by atoms with Gasteiger partial charge in [-0.15, -0.1) is 0 Å². The molecule has 2 saturated carbocycles. The number of aryl methyl sites for hydroxylation is 2. The molecular formula is C29H41N3O5S. The summed E-state index contributed by atoms with van der Waals surface area (Å²) >= 11 is 0. The third kappa shape index (κ3) is 7.46. The van der Waals surface area contributed by atoms with Crippen LogP contribution in [0.4, 0.5) is 5.69 Å². The number of sulfonamides is 1. The highest BCUT2D eigenvalue weighted by molar-refractivity contribution is 7.89. The SMILES string of the molecule is Cc1ccc(NC(=O)C[C@H](CCC(=O)NS(C)(=O)=O)c2noc(C3CC(CC(C)C)C3)c2C2CC2)c(C)c1. The van der Waals surface area contributed by atoms with Gasteiger partial charge in [0.15, 0.2) is 0 Å². The Morgan fingerprint density at radius 2 is 1.82 bits per heavy atom. The van der Waals surface area contributed by atoms with Crippen LogP contribution in [0, 0.1) is 25.7 Å². The van der Waals surface area contributed by atoms with E-state index in [2.05, 4.69) is 24.3 Å². The summed E-state index contributed by atoms with van der Waals surface area (Å²) in [6, 6.07) is 5.87. The first-order valence-corrected chi connectivity index (χ1v) is 15.7. The van der Waals surface area contributed by atoms with Crippen molar-refractivity contribution in [1.29, 1.82) is 0 Å². The maximum Gasteiger partial charge on any atom is 0.233 e. The van der Waals surface area contributed by atoms with E-state index < -0.39 is 15.9 Å². The first-order valence-electron chi connectivity index (χ1n) is 13.8. The lowest BCUT2D eigenvalue weighted by atomic mass is 9.69. The van der Waals surface area contributed by atoms with Gasteiger partial charge >= 0.3 is 0 Å². The number of nitrogens with zero attached hydrogens (tertiary/aromatic N) is 1. The fourth-order valence-electron chi connectivity index (χ4n) is 5.78. The Kier molecular flexibility index (Phi) is 8.65. The Morgan fingerprint density at radius 3 is 2.42 bits per heavy atom. The summed E-state index contributed by atoms with van der Waals surface area (Å²) in [5, 5.41) is 7.51. The van der Waals surface area contributed by atoms with Gasteiger partial charge in [0, 0.05) is 35.9 Å². The molecule has 1 aromatic heterocycles. The van der Waals surface area contributed by atoms with Crippen LogP contribution in [-0.2, 0) is 19.6 Å². The number of rotatable bonds is 12. The lowest BCUT2D eigenvalue weighted by Crippen LogP contribution is -2.29. The highest BCUT2D eigenvalue weighted by Crippen LogP contribution is 2.52. The monoisotopic (exact) mass is 543 g/mol. The van der Waals surface area contributed by atoms with E-state index in [1.807, 2.05) is 36.8 Å². The minimum Gasteiger partial charge on any atom is -0.361 e. The first-order chi connectivity index (χ1) is 17.9. The molecule has 2 aliphatic rings. The fraction of sp³-hybridized carbons (Fsp3) is 0.621. The van der Waals surface area contributed by atoms with Crippen molar-refractivity contribution in [1.82, 2.24) is 9.88 Å². The Balaban J connectivity index is 1.54. The molecule has 4 rings (SSSR count). The molecule has 2 N–H and O–H groups in total. The summed E-state index contributed by atoms with van der Waals surface area (Å²) < 4.78 is 31.1. The van der Waals surface area contributed by atoms with Crippen LogP contribution in [-0.4, -0.2) is 31.6 Å². The molecule has 0 bridgehead atoms. The molecule has 38 heavy (non-hydrogen) atoms. The van der Waals surface area contributed by atoms with E-state index in [0.29, 0.717) is 30.1 Å². The van der Waals surface area contributed by atoms with Gasteiger partial charge in [-0.05, 0) is 81.8 Å². The van der Waals surface area contributed by atoms with Crippen LogP contribution < -0.4 is 10.0 Å². The molecule has 208 valence electrons. The number of hydrogen-bond acceptors (Lipinski definition) is 6. The lowest BCUT2D eigenvalue weighted by Gasteiger charge is -2.35. The third-order valence-electron chi connectivity index (χ3n) is 7.67. The zero-order chi connectivity index (χ0) is 27.6. The van der Waals surface area contributed by atoms with Crippen LogP contribution in [0.3, 0.4) is 0 Å². The Labute approximate surface area is 226 Å². The van der Waals surface area contributed by atoms with E-state index in [1.54, 1.807) is 0 Å².